The molecule has 3 aromatic rings. The Morgan fingerprint density at radius 3 is 2.55 bits per heavy atom. The van der Waals surface area contributed by atoms with Crippen LogP contribution in [0.5, 0.6) is 0 Å². The zero-order valence-corrected chi connectivity index (χ0v) is 18.9. The second-order valence-electron chi connectivity index (χ2n) is 7.09. The first kappa shape index (κ1) is 23.0. The Balaban J connectivity index is 1.95. The van der Waals surface area contributed by atoms with Crippen LogP contribution < -0.4 is 4.90 Å². The molecule has 0 aliphatic heterocycles. The maximum atomic E-state index is 12.3. The van der Waals surface area contributed by atoms with Crippen molar-refractivity contribution in [3.8, 4) is 0 Å². The Morgan fingerprint density at radius 2 is 1.97 bits per heavy atom. The topological polar surface area (TPSA) is 88.8 Å². The Morgan fingerprint density at radius 1 is 1.29 bits per heavy atom. The standard InChI is InChI=1S/C22H23ClN2O5S/c1-14-8-18(23)17-10-21(24(2)19(17)9-14)25(13-27)20(11-26)15-4-6-16(7-5-15)31(29)12-22(28)30-3/h4-10,13,20,26H,11-12H2,1-3H3/t20-,31?/m1/s1. The van der Waals surface area contributed by atoms with E-state index in [1.807, 2.05) is 36.7 Å². The van der Waals surface area contributed by atoms with Gasteiger partial charge < -0.3 is 14.4 Å². The van der Waals surface area contributed by atoms with Crippen molar-refractivity contribution in [2.75, 3.05) is 24.4 Å². The second-order valence-corrected chi connectivity index (χ2v) is 8.95. The lowest BCUT2D eigenvalue weighted by Gasteiger charge is -2.27. The zero-order valence-electron chi connectivity index (χ0n) is 17.4. The van der Waals surface area contributed by atoms with Crippen LogP contribution in [0.1, 0.15) is 17.2 Å². The molecule has 1 N–H and O–H groups in total. The average Bonchev–Trinajstić information content (AvgIpc) is 3.08. The molecular formula is C22H23ClN2O5S. The molecule has 0 bridgehead atoms. The van der Waals surface area contributed by atoms with Crippen LogP contribution in [-0.4, -0.2) is 45.7 Å². The third kappa shape index (κ3) is 4.66. The van der Waals surface area contributed by atoms with Crippen LogP contribution in [0.4, 0.5) is 5.82 Å². The van der Waals surface area contributed by atoms with Gasteiger partial charge in [0.25, 0.3) is 0 Å². The van der Waals surface area contributed by atoms with Gasteiger partial charge in [0.2, 0.25) is 6.41 Å². The second kappa shape index (κ2) is 9.64. The molecule has 1 aromatic heterocycles. The first-order valence-electron chi connectivity index (χ1n) is 9.46. The summed E-state index contributed by atoms with van der Waals surface area (Å²) in [4.78, 5) is 25.3. The van der Waals surface area contributed by atoms with E-state index in [2.05, 4.69) is 4.74 Å². The number of amides is 1. The summed E-state index contributed by atoms with van der Waals surface area (Å²) in [5, 5.41) is 11.5. The molecular weight excluding hydrogens is 440 g/mol. The predicted molar refractivity (Wildman–Crippen MR) is 121 cm³/mol. The number of carbonyl (C=O) groups excluding carboxylic acids is 2. The number of fused-ring (bicyclic) bond motifs is 1. The number of esters is 1. The summed E-state index contributed by atoms with van der Waals surface area (Å²) >= 11 is 6.39. The van der Waals surface area contributed by atoms with E-state index in [9.17, 15) is 18.9 Å². The molecule has 0 fully saturated rings. The third-order valence-electron chi connectivity index (χ3n) is 5.12. The van der Waals surface area contributed by atoms with Crippen molar-refractivity contribution < 1.29 is 23.6 Å². The Labute approximate surface area is 187 Å². The molecule has 0 saturated heterocycles. The molecule has 164 valence electrons. The number of hydrogen-bond donors (Lipinski definition) is 1. The largest absolute Gasteiger partial charge is 0.468 e. The quantitative estimate of drug-likeness (QED) is 0.410. The van der Waals surface area contributed by atoms with E-state index in [0.29, 0.717) is 27.7 Å². The number of nitrogens with zero attached hydrogens (tertiary/aromatic N) is 2. The lowest BCUT2D eigenvalue weighted by Crippen LogP contribution is -2.31. The van der Waals surface area contributed by atoms with Crippen LogP contribution >= 0.6 is 11.6 Å². The smallest absolute Gasteiger partial charge is 0.318 e. The summed E-state index contributed by atoms with van der Waals surface area (Å²) in [6.45, 7) is 1.62. The maximum Gasteiger partial charge on any atom is 0.318 e. The number of methoxy groups -OCH3 is 1. The van der Waals surface area contributed by atoms with Crippen LogP contribution in [0.25, 0.3) is 10.9 Å². The van der Waals surface area contributed by atoms with Gasteiger partial charge in [-0.05, 0) is 48.4 Å². The van der Waals surface area contributed by atoms with Crippen LogP contribution in [-0.2, 0) is 32.2 Å². The summed E-state index contributed by atoms with van der Waals surface area (Å²) in [6.07, 6.45) is 0.666. The van der Waals surface area contributed by atoms with Crippen LogP contribution in [0, 0.1) is 6.92 Å². The molecule has 0 aliphatic carbocycles. The van der Waals surface area contributed by atoms with Gasteiger partial charge in [-0.25, -0.2) is 0 Å². The molecule has 2 atom stereocenters. The van der Waals surface area contributed by atoms with E-state index < -0.39 is 22.8 Å². The van der Waals surface area contributed by atoms with Gasteiger partial charge in [0.15, 0.2) is 0 Å². The van der Waals surface area contributed by atoms with Crippen molar-refractivity contribution in [3.05, 3.63) is 58.6 Å². The van der Waals surface area contributed by atoms with Gasteiger partial charge in [-0.2, -0.15) is 0 Å². The Bertz CT molecular complexity index is 1140. The Hall–Kier alpha value is -2.68. The molecule has 0 radical (unpaired) electrons. The van der Waals surface area contributed by atoms with Crippen molar-refractivity contribution in [2.24, 2.45) is 7.05 Å². The number of anilines is 1. The summed E-state index contributed by atoms with van der Waals surface area (Å²) in [6, 6.07) is 11.6. The van der Waals surface area contributed by atoms with Gasteiger partial charge in [-0.3, -0.25) is 18.7 Å². The molecule has 31 heavy (non-hydrogen) atoms. The minimum absolute atomic E-state index is 0.240. The van der Waals surface area contributed by atoms with Crippen LogP contribution in [0.15, 0.2) is 47.4 Å². The van der Waals surface area contributed by atoms with Gasteiger partial charge in [0.1, 0.15) is 11.6 Å². The van der Waals surface area contributed by atoms with E-state index in [-0.39, 0.29) is 12.4 Å². The van der Waals surface area contributed by atoms with Crippen molar-refractivity contribution in [1.82, 2.24) is 4.57 Å². The molecule has 7 nitrogen and oxygen atoms in total. The summed E-state index contributed by atoms with van der Waals surface area (Å²) in [5.41, 5.74) is 2.52. The van der Waals surface area contributed by atoms with Crippen molar-refractivity contribution in [2.45, 2.75) is 17.9 Å². The minimum atomic E-state index is -1.54. The average molecular weight is 463 g/mol. The number of aliphatic hydroxyl groups is 1. The molecule has 2 aromatic carbocycles. The van der Waals surface area contributed by atoms with Gasteiger partial charge in [0, 0.05) is 17.3 Å². The first-order valence-corrected chi connectivity index (χ1v) is 11.2. The highest BCUT2D eigenvalue weighted by Crippen LogP contribution is 2.34. The van der Waals surface area contributed by atoms with Gasteiger partial charge in [-0.1, -0.05) is 23.7 Å². The number of ether oxygens (including phenoxy) is 1. The fraction of sp³-hybridized carbons (Fsp3) is 0.273. The number of aromatic nitrogens is 1. The van der Waals surface area contributed by atoms with Crippen molar-refractivity contribution >= 4 is 51.5 Å². The fourth-order valence-corrected chi connectivity index (χ4v) is 4.75. The SMILES string of the molecule is COC(=O)CS(=O)c1ccc([C@@H](CO)N(C=O)c2cc3c(Cl)cc(C)cc3n2C)cc1. The first-order chi connectivity index (χ1) is 14.8. The molecule has 0 spiro atoms. The van der Waals surface area contributed by atoms with E-state index in [1.165, 1.54) is 12.0 Å². The van der Waals surface area contributed by atoms with Crippen LogP contribution in [0.3, 0.4) is 0 Å². The number of aryl methyl sites for hydroxylation is 2. The van der Waals surface area contributed by atoms with E-state index in [4.69, 9.17) is 11.6 Å². The number of halogens is 1. The minimum Gasteiger partial charge on any atom is -0.468 e. The number of hydrogen-bond acceptors (Lipinski definition) is 5. The monoisotopic (exact) mass is 462 g/mol. The van der Waals surface area contributed by atoms with E-state index >= 15 is 0 Å². The predicted octanol–water partition coefficient (Wildman–Crippen LogP) is 3.12. The summed E-state index contributed by atoms with van der Waals surface area (Å²) in [5.74, 6) is -0.224. The lowest BCUT2D eigenvalue weighted by atomic mass is 10.1. The van der Waals surface area contributed by atoms with Crippen molar-refractivity contribution in [1.29, 1.82) is 0 Å². The van der Waals surface area contributed by atoms with Gasteiger partial charge in [0.05, 0.1) is 41.1 Å². The van der Waals surface area contributed by atoms with E-state index in [1.54, 1.807) is 24.3 Å². The summed E-state index contributed by atoms with van der Waals surface area (Å²) < 4.78 is 18.7. The maximum absolute atomic E-state index is 12.3. The highest BCUT2D eigenvalue weighted by atomic mass is 35.5. The molecule has 9 heteroatoms. The summed E-state index contributed by atoms with van der Waals surface area (Å²) in [7, 11) is 1.53. The zero-order chi connectivity index (χ0) is 22.7. The number of aliphatic hydroxyl groups excluding tert-OH is 1. The molecule has 1 unspecified atom stereocenters. The highest BCUT2D eigenvalue weighted by molar-refractivity contribution is 7.85. The number of carbonyl (C=O) groups is 2. The molecule has 1 heterocycles. The van der Waals surface area contributed by atoms with Gasteiger partial charge >= 0.3 is 5.97 Å². The molecule has 1 amide bonds. The molecule has 0 saturated carbocycles. The Kier molecular flexibility index (Phi) is 7.15. The van der Waals surface area contributed by atoms with Crippen LogP contribution in [0.2, 0.25) is 5.02 Å². The van der Waals surface area contributed by atoms with E-state index in [0.717, 1.165) is 16.5 Å². The highest BCUT2D eigenvalue weighted by Gasteiger charge is 2.24. The lowest BCUT2D eigenvalue weighted by molar-refractivity contribution is -0.137. The third-order valence-corrected chi connectivity index (χ3v) is 6.73. The normalized spacial score (nSPS) is 13.1. The van der Waals surface area contributed by atoms with Crippen molar-refractivity contribution in [3.63, 3.8) is 0 Å². The number of rotatable bonds is 8. The molecule has 0 aliphatic rings. The fourth-order valence-electron chi connectivity index (χ4n) is 3.48. The van der Waals surface area contributed by atoms with Gasteiger partial charge in [-0.15, -0.1) is 0 Å². The number of benzene rings is 2. The molecule has 3 rings (SSSR count).